The van der Waals surface area contributed by atoms with Crippen LogP contribution in [-0.2, 0) is 16.2 Å². The number of para-hydroxylation sites is 2. The topological polar surface area (TPSA) is 16.3 Å². The molecule has 0 N–H and O–H groups in total. The Morgan fingerprint density at radius 3 is 1.46 bits per heavy atom. The number of nitrogens with zero attached hydrogens (tertiary/aromatic N) is 4. The van der Waals surface area contributed by atoms with Crippen molar-refractivity contribution >= 4 is 164 Å². The summed E-state index contributed by atoms with van der Waals surface area (Å²) in [5, 5.41) is 6.38. The van der Waals surface area contributed by atoms with Crippen molar-refractivity contribution in [1.82, 2.24) is 9.13 Å². The zero-order valence-corrected chi connectivity index (χ0v) is 63.3. The molecule has 21 rings (SSSR count). The van der Waals surface area contributed by atoms with Crippen LogP contribution in [-0.4, -0.2) is 15.8 Å². The van der Waals surface area contributed by atoms with Crippen LogP contribution >= 0.6 is 22.7 Å². The van der Waals surface area contributed by atoms with E-state index in [0.29, 0.717) is 28.3 Å². The van der Waals surface area contributed by atoms with Crippen molar-refractivity contribution in [3.63, 3.8) is 0 Å². The molecule has 0 amide bonds. The van der Waals surface area contributed by atoms with E-state index in [1.165, 1.54) is 26.6 Å². The van der Waals surface area contributed by atoms with E-state index in [0.717, 1.165) is 119 Å². The normalized spacial score (nSPS) is 14.8. The van der Waals surface area contributed by atoms with Gasteiger partial charge in [0.05, 0.1) is 61.6 Å². The van der Waals surface area contributed by atoms with Crippen molar-refractivity contribution in [2.24, 2.45) is 0 Å². The van der Waals surface area contributed by atoms with Crippen molar-refractivity contribution < 1.29 is 17.8 Å². The Morgan fingerprint density at radius 2 is 0.817 bits per heavy atom. The molecule has 0 saturated carbocycles. The zero-order valence-electron chi connectivity index (χ0n) is 74.7. The Kier molecular flexibility index (Phi) is 11.8. The average molecular weight is 1450 g/mol. The molecule has 0 spiro atoms. The van der Waals surface area contributed by atoms with Crippen LogP contribution in [0.3, 0.4) is 0 Å². The standard InChI is InChI=1S/C102H79BN4S2/c1-100(2,3)67-45-51-87-81(55-67)82-56-68(101(4,5)6)46-52-88(82)104(87)70-47-50-84-91(59-70)107(97-79(63-29-15-11-16-30-63)57-69(102(7,8)9)58-80(97)64-31-17-12-18-32-64)93-61-71(105-85-39-22-19-33-73(85)74-34-20-23-40-86(74)105)60-92-96(93)103(84)83-49-44-65(62-27-13-10-14-28-62)53-90(83)106(92)89-41-26-38-78-77-37-25-36-72(98(77)109-99(78)89)66-43-48-76-75-35-21-24-42-94(75)108-95(76)54-66/h10-61H,1-9H3/i10D,13D,14D,19D,20D,22D,23D,27D,28D,33D,34D,39D,40D. The summed E-state index contributed by atoms with van der Waals surface area (Å²) >= 11 is 3.42. The summed E-state index contributed by atoms with van der Waals surface area (Å²) in [6.45, 7) is 19.4. The molecule has 0 saturated heterocycles. The quantitative estimate of drug-likeness (QED) is 0.141. The fourth-order valence-electron chi connectivity index (χ4n) is 17.3. The van der Waals surface area contributed by atoms with Crippen LogP contribution in [0.1, 0.15) is 96.8 Å². The molecule has 0 bridgehead atoms. The number of benzene rings is 15. The first-order chi connectivity index (χ1) is 58.4. The lowest BCUT2D eigenvalue weighted by molar-refractivity contribution is 0.590. The van der Waals surface area contributed by atoms with Crippen LogP contribution < -0.4 is 26.2 Å². The van der Waals surface area contributed by atoms with E-state index in [4.69, 9.17) is 1.37 Å². The number of rotatable bonds is 8. The van der Waals surface area contributed by atoms with E-state index in [1.54, 1.807) is 27.2 Å². The van der Waals surface area contributed by atoms with Crippen LogP contribution in [0.15, 0.2) is 315 Å². The van der Waals surface area contributed by atoms with Gasteiger partial charge in [-0.3, -0.25) is 0 Å². The summed E-state index contributed by atoms with van der Waals surface area (Å²) in [4.78, 5) is 4.61. The second-order valence-corrected chi connectivity index (χ2v) is 34.4. The molecule has 4 nitrogen and oxygen atoms in total. The Hall–Kier alpha value is -12.0. The van der Waals surface area contributed by atoms with Gasteiger partial charge in [0.15, 0.2) is 0 Å². The maximum Gasteiger partial charge on any atom is 0.252 e. The highest BCUT2D eigenvalue weighted by Gasteiger charge is 2.46. The molecule has 2 aliphatic rings. The summed E-state index contributed by atoms with van der Waals surface area (Å²) in [5.41, 5.74) is 18.3. The molecule has 0 aliphatic carbocycles. The van der Waals surface area contributed by atoms with Gasteiger partial charge in [0, 0.05) is 96.8 Å². The molecule has 0 radical (unpaired) electrons. The molecule has 0 atom stereocenters. The maximum absolute atomic E-state index is 10.2. The number of hydrogen-bond donors (Lipinski definition) is 0. The van der Waals surface area contributed by atoms with Crippen molar-refractivity contribution in [2.75, 3.05) is 9.80 Å². The molecule has 7 heteroatoms. The van der Waals surface area contributed by atoms with E-state index in [1.807, 2.05) is 30.3 Å². The highest BCUT2D eigenvalue weighted by atomic mass is 32.1. The predicted molar refractivity (Wildman–Crippen MR) is 473 cm³/mol. The summed E-state index contributed by atoms with van der Waals surface area (Å²) in [6, 6.07) is 77.5. The molecule has 15 aromatic carbocycles. The third-order valence-corrected chi connectivity index (χ3v) is 25.1. The SMILES string of the molecule is [2H]c1c([2H])c([2H])c(-c2ccc3c(c2)N(c2cccc4c2sc2c(-c5ccc6c(c5)sc5ccccc56)cccc24)c2cc(-n4c5c([2H])c([2H])c([2H])c([2H])c5c5c([2H])c([2H])c([2H])c([2H])c54)cc4c2B3c2ccc(-n3c5ccc(C(C)(C)C)cc5c5cc(C(C)(C)C)ccc53)cc2N4c2c(-c3ccccc3)cc(C(C)(C)C)cc2-c2ccccc2)c([2H])c1[2H]. The lowest BCUT2D eigenvalue weighted by Gasteiger charge is -2.45. The second-order valence-electron chi connectivity index (χ2n) is 32.2. The number of fused-ring (bicyclic) bond motifs is 16. The van der Waals surface area contributed by atoms with Gasteiger partial charge in [-0.15, -0.1) is 22.7 Å². The summed E-state index contributed by atoms with van der Waals surface area (Å²) in [5.74, 6) is 0. The number of aromatic nitrogens is 2. The minimum Gasteiger partial charge on any atom is -0.310 e. The van der Waals surface area contributed by atoms with Crippen LogP contribution in [0.4, 0.5) is 34.1 Å². The summed E-state index contributed by atoms with van der Waals surface area (Å²) < 4.78 is 133. The molecule has 522 valence electrons. The van der Waals surface area contributed by atoms with Gasteiger partial charge in [-0.25, -0.2) is 0 Å². The van der Waals surface area contributed by atoms with E-state index in [-0.39, 0.29) is 56.0 Å². The first kappa shape index (κ1) is 52.9. The Balaban J connectivity index is 0.964. The Morgan fingerprint density at radius 1 is 0.294 bits per heavy atom. The van der Waals surface area contributed by atoms with Crippen LogP contribution in [0.5, 0.6) is 0 Å². The van der Waals surface area contributed by atoms with E-state index < -0.39 is 78.6 Å². The minimum absolute atomic E-state index is 0.00344. The van der Waals surface area contributed by atoms with Gasteiger partial charge < -0.3 is 18.9 Å². The van der Waals surface area contributed by atoms with Gasteiger partial charge in [-0.1, -0.05) is 280 Å². The monoisotopic (exact) mass is 1450 g/mol. The summed E-state index contributed by atoms with van der Waals surface area (Å²) in [6.07, 6.45) is 0. The highest BCUT2D eigenvalue weighted by Crippen LogP contribution is 2.55. The van der Waals surface area contributed by atoms with E-state index in [9.17, 15) is 16.4 Å². The first-order valence-corrected chi connectivity index (χ1v) is 38.9. The zero-order chi connectivity index (χ0) is 84.8. The largest absolute Gasteiger partial charge is 0.310 e. The first-order valence-electron chi connectivity index (χ1n) is 43.8. The molecule has 2 aliphatic heterocycles. The van der Waals surface area contributed by atoms with Crippen molar-refractivity contribution in [2.45, 2.75) is 78.6 Å². The number of thiophene rings is 2. The number of anilines is 6. The lowest BCUT2D eigenvalue weighted by Crippen LogP contribution is -2.61. The maximum atomic E-state index is 10.2. The molecular weight excluding hydrogens is 1360 g/mol. The molecule has 6 heterocycles. The van der Waals surface area contributed by atoms with Gasteiger partial charge >= 0.3 is 0 Å². The molecule has 4 aromatic heterocycles. The van der Waals surface area contributed by atoms with Gasteiger partial charge in [-0.05, 0) is 180 Å². The van der Waals surface area contributed by atoms with E-state index in [2.05, 4.69) is 283 Å². The van der Waals surface area contributed by atoms with Gasteiger partial charge in [-0.2, -0.15) is 0 Å². The number of hydrogen-bond acceptors (Lipinski definition) is 4. The van der Waals surface area contributed by atoms with Crippen LogP contribution in [0.25, 0.3) is 140 Å². The molecule has 0 unspecified atom stereocenters. The molecule has 19 aromatic rings. The van der Waals surface area contributed by atoms with Gasteiger partial charge in [0.25, 0.3) is 6.71 Å². The van der Waals surface area contributed by atoms with Crippen LogP contribution in [0, 0.1) is 0 Å². The van der Waals surface area contributed by atoms with Crippen molar-refractivity contribution in [3.05, 3.63) is 332 Å². The molecule has 109 heavy (non-hydrogen) atoms. The lowest BCUT2D eigenvalue weighted by atomic mass is 9.33. The average Bonchev–Trinajstić information content (AvgIpc) is 1.61. The summed E-state index contributed by atoms with van der Waals surface area (Å²) in [7, 11) is 0. The highest BCUT2D eigenvalue weighted by molar-refractivity contribution is 7.27. The fourth-order valence-corrected chi connectivity index (χ4v) is 19.8. The predicted octanol–water partition coefficient (Wildman–Crippen LogP) is 27.3. The third-order valence-electron chi connectivity index (χ3n) is 22.7. The van der Waals surface area contributed by atoms with Crippen LogP contribution in [0.2, 0.25) is 0 Å². The van der Waals surface area contributed by atoms with Gasteiger partial charge in [0.1, 0.15) is 0 Å². The fraction of sp³-hybridized carbons (Fsp3) is 0.118. The Labute approximate surface area is 663 Å². The van der Waals surface area contributed by atoms with Crippen molar-refractivity contribution in [3.8, 4) is 55.9 Å². The van der Waals surface area contributed by atoms with Crippen molar-refractivity contribution in [1.29, 1.82) is 0 Å². The molecular formula is C102H79BN4S2. The Bertz CT molecular complexity index is 7600. The third kappa shape index (κ3) is 10.2. The second kappa shape index (κ2) is 24.3. The van der Waals surface area contributed by atoms with E-state index >= 15 is 0 Å². The minimum atomic E-state index is -0.713. The molecule has 0 fully saturated rings. The smallest absolute Gasteiger partial charge is 0.252 e. The van der Waals surface area contributed by atoms with Gasteiger partial charge in [0.2, 0.25) is 0 Å².